The molecule has 2 saturated carbocycles. The Morgan fingerprint density at radius 3 is 2.27 bits per heavy atom. The lowest BCUT2D eigenvalue weighted by atomic mass is 9.36. The number of hydrogen-bond donors (Lipinski definition) is 1. The van der Waals surface area contributed by atoms with Gasteiger partial charge in [-0.3, -0.25) is 14.4 Å². The topological polar surface area (TPSA) is 151 Å². The first kappa shape index (κ1) is 28.2. The molecule has 1 aromatic rings. The van der Waals surface area contributed by atoms with Crippen molar-refractivity contribution in [3.63, 3.8) is 0 Å². The van der Waals surface area contributed by atoms with Gasteiger partial charge < -0.3 is 33.2 Å². The minimum Gasteiger partial charge on any atom is -0.472 e. The first-order valence-electron chi connectivity index (χ1n) is 14.2. The highest BCUT2D eigenvalue weighted by molar-refractivity contribution is 5.82. The van der Waals surface area contributed by atoms with E-state index < -0.39 is 93.7 Å². The standard InChI is InChI=1S/C30H38O11/c1-14(31)37-19-11-21(34)40-26(3,4)18-10-20(38-15(2)32)29(7)22(28(18,19)6)17(33)12-27(5)23(16-8-9-36-13-16)39-25(35)24-30(27,29)41-24/h8-9,13,17-20,22-24,33H,10-12H2,1-7H3/t17-,18-,19-,20+,22+,23-,24+,27-,28+,29+,30-/m0/s1. The van der Waals surface area contributed by atoms with Gasteiger partial charge in [-0.2, -0.15) is 0 Å². The van der Waals surface area contributed by atoms with Gasteiger partial charge in [0.1, 0.15) is 29.5 Å². The molecule has 4 heterocycles. The number of cyclic esters (lactones) is 2. The molecule has 11 nitrogen and oxygen atoms in total. The zero-order chi connectivity index (χ0) is 29.9. The van der Waals surface area contributed by atoms with Gasteiger partial charge in [0.2, 0.25) is 0 Å². The van der Waals surface area contributed by atoms with Gasteiger partial charge in [0.25, 0.3) is 0 Å². The van der Waals surface area contributed by atoms with Gasteiger partial charge in [-0.1, -0.05) is 20.8 Å². The summed E-state index contributed by atoms with van der Waals surface area (Å²) in [7, 11) is 0. The number of carbonyl (C=O) groups is 4. The van der Waals surface area contributed by atoms with E-state index in [-0.39, 0.29) is 19.3 Å². The Morgan fingerprint density at radius 2 is 1.66 bits per heavy atom. The predicted octanol–water partition coefficient (Wildman–Crippen LogP) is 3.02. The van der Waals surface area contributed by atoms with E-state index in [1.807, 2.05) is 20.8 Å². The minimum atomic E-state index is -1.21. The van der Waals surface area contributed by atoms with E-state index in [4.69, 9.17) is 28.1 Å². The third-order valence-electron chi connectivity index (χ3n) is 11.2. The summed E-state index contributed by atoms with van der Waals surface area (Å²) in [6, 6.07) is 1.72. The van der Waals surface area contributed by atoms with E-state index in [0.29, 0.717) is 5.56 Å². The molecule has 11 heteroatoms. The third-order valence-corrected chi connectivity index (χ3v) is 11.2. The maximum atomic E-state index is 13.5. The van der Waals surface area contributed by atoms with Crippen LogP contribution in [0.2, 0.25) is 0 Å². The van der Waals surface area contributed by atoms with Crippen molar-refractivity contribution < 1.29 is 52.4 Å². The van der Waals surface area contributed by atoms with Crippen LogP contribution < -0.4 is 0 Å². The summed E-state index contributed by atoms with van der Waals surface area (Å²) < 4.78 is 35.6. The summed E-state index contributed by atoms with van der Waals surface area (Å²) in [5, 5.41) is 12.3. The number of carbonyl (C=O) groups excluding carboxylic acids is 4. The Balaban J connectivity index is 1.60. The fraction of sp³-hybridized carbons (Fsp3) is 0.733. The molecule has 1 N–H and O–H groups in total. The molecule has 5 aliphatic rings. The Hall–Kier alpha value is -2.92. The molecular formula is C30H38O11. The van der Waals surface area contributed by atoms with Crippen LogP contribution in [0.3, 0.4) is 0 Å². The predicted molar refractivity (Wildman–Crippen MR) is 138 cm³/mol. The Morgan fingerprint density at radius 1 is 1.00 bits per heavy atom. The SMILES string of the molecule is CC(=O)O[C@H]1CC(=O)OC(C)(C)[C@@H]2C[C@@H](OC(C)=O)[C@]3(C)[C@H]([C@@H](O)C[C@@]4(C)[C@H](c5ccoc5)OC(=O)[C@H]5O[C@]534)[C@@]12C. The number of furan rings is 1. The molecule has 0 bridgehead atoms. The largest absolute Gasteiger partial charge is 0.472 e. The summed E-state index contributed by atoms with van der Waals surface area (Å²) in [5.74, 6) is -3.42. The number of hydrogen-bond acceptors (Lipinski definition) is 11. The minimum absolute atomic E-state index is 0.157. The zero-order valence-electron chi connectivity index (χ0n) is 24.4. The van der Waals surface area contributed by atoms with Crippen LogP contribution in [0.4, 0.5) is 0 Å². The monoisotopic (exact) mass is 574 g/mol. The molecule has 1 spiro atoms. The second kappa shape index (κ2) is 8.56. The fourth-order valence-electron chi connectivity index (χ4n) is 10.0. The van der Waals surface area contributed by atoms with Gasteiger partial charge in [0, 0.05) is 47.5 Å². The number of rotatable bonds is 3. The molecule has 3 aliphatic heterocycles. The van der Waals surface area contributed by atoms with Crippen molar-refractivity contribution in [2.45, 2.75) is 109 Å². The van der Waals surface area contributed by atoms with Crippen molar-refractivity contribution in [3.05, 3.63) is 24.2 Å². The molecule has 1 aromatic heterocycles. The molecule has 5 fully saturated rings. The van der Waals surface area contributed by atoms with Crippen molar-refractivity contribution >= 4 is 23.9 Å². The molecule has 224 valence electrons. The Labute approximate surface area is 238 Å². The summed E-state index contributed by atoms with van der Waals surface area (Å²) >= 11 is 0. The highest BCUT2D eigenvalue weighted by Gasteiger charge is 2.90. The highest BCUT2D eigenvalue weighted by Crippen LogP contribution is 2.79. The first-order chi connectivity index (χ1) is 19.0. The molecule has 11 atom stereocenters. The maximum absolute atomic E-state index is 13.5. The average Bonchev–Trinajstić information content (AvgIpc) is 3.43. The van der Waals surface area contributed by atoms with Crippen LogP contribution in [-0.2, 0) is 42.9 Å². The lowest BCUT2D eigenvalue weighted by molar-refractivity contribution is -0.301. The van der Waals surface area contributed by atoms with Crippen molar-refractivity contribution in [1.82, 2.24) is 0 Å². The Kier molecular flexibility index (Phi) is 5.89. The molecule has 6 rings (SSSR count). The van der Waals surface area contributed by atoms with Crippen molar-refractivity contribution in [1.29, 1.82) is 0 Å². The average molecular weight is 575 g/mol. The van der Waals surface area contributed by atoms with Crippen LogP contribution in [0.5, 0.6) is 0 Å². The van der Waals surface area contributed by atoms with Gasteiger partial charge in [-0.25, -0.2) is 4.79 Å². The lowest BCUT2D eigenvalue weighted by Crippen LogP contribution is -2.77. The highest BCUT2D eigenvalue weighted by atomic mass is 16.7. The summed E-state index contributed by atoms with van der Waals surface area (Å²) in [6.07, 6.45) is -1.44. The molecule has 0 aromatic carbocycles. The molecular weight excluding hydrogens is 536 g/mol. The van der Waals surface area contributed by atoms with E-state index >= 15 is 0 Å². The lowest BCUT2D eigenvalue weighted by Gasteiger charge is -2.69. The van der Waals surface area contributed by atoms with Crippen LogP contribution >= 0.6 is 0 Å². The smallest absolute Gasteiger partial charge is 0.339 e. The van der Waals surface area contributed by atoms with Gasteiger partial charge >= 0.3 is 23.9 Å². The number of aliphatic hydroxyl groups is 1. The molecule has 2 aliphatic carbocycles. The van der Waals surface area contributed by atoms with Gasteiger partial charge in [-0.05, 0) is 32.8 Å². The van der Waals surface area contributed by atoms with Gasteiger partial charge in [0.05, 0.1) is 25.1 Å². The van der Waals surface area contributed by atoms with E-state index in [1.54, 1.807) is 19.9 Å². The van der Waals surface area contributed by atoms with Crippen LogP contribution in [0.15, 0.2) is 23.0 Å². The van der Waals surface area contributed by atoms with Crippen molar-refractivity contribution in [3.8, 4) is 0 Å². The Bertz CT molecular complexity index is 1300. The molecule has 0 unspecified atom stereocenters. The van der Waals surface area contributed by atoms with E-state index in [1.165, 1.54) is 26.4 Å². The van der Waals surface area contributed by atoms with E-state index in [9.17, 15) is 24.3 Å². The van der Waals surface area contributed by atoms with Crippen LogP contribution in [0.1, 0.15) is 79.4 Å². The summed E-state index contributed by atoms with van der Waals surface area (Å²) in [4.78, 5) is 51.6. The molecule has 0 radical (unpaired) electrons. The summed E-state index contributed by atoms with van der Waals surface area (Å²) in [5.41, 5.74) is -4.83. The first-order valence-corrected chi connectivity index (χ1v) is 14.2. The van der Waals surface area contributed by atoms with Crippen LogP contribution in [0.25, 0.3) is 0 Å². The normalized spacial score (nSPS) is 47.7. The zero-order valence-corrected chi connectivity index (χ0v) is 24.4. The number of ether oxygens (including phenoxy) is 5. The number of esters is 4. The van der Waals surface area contributed by atoms with Gasteiger partial charge in [0.15, 0.2) is 6.10 Å². The van der Waals surface area contributed by atoms with Crippen molar-refractivity contribution in [2.24, 2.45) is 28.1 Å². The molecule has 41 heavy (non-hydrogen) atoms. The number of fused-ring (bicyclic) bond motifs is 3. The third kappa shape index (κ3) is 3.45. The second-order valence-electron chi connectivity index (χ2n) is 13.7. The van der Waals surface area contributed by atoms with E-state index in [2.05, 4.69) is 0 Å². The number of aliphatic hydroxyl groups excluding tert-OH is 1. The summed E-state index contributed by atoms with van der Waals surface area (Å²) in [6.45, 7) is 11.9. The van der Waals surface area contributed by atoms with Crippen LogP contribution in [-0.4, -0.2) is 64.6 Å². The molecule has 0 amide bonds. The second-order valence-corrected chi connectivity index (χ2v) is 13.7. The maximum Gasteiger partial charge on any atom is 0.339 e. The van der Waals surface area contributed by atoms with Crippen molar-refractivity contribution in [2.75, 3.05) is 0 Å². The van der Waals surface area contributed by atoms with Crippen LogP contribution in [0, 0.1) is 28.1 Å². The fourth-order valence-corrected chi connectivity index (χ4v) is 10.0. The molecule has 3 saturated heterocycles. The van der Waals surface area contributed by atoms with Gasteiger partial charge in [-0.15, -0.1) is 0 Å². The van der Waals surface area contributed by atoms with E-state index in [0.717, 1.165) is 0 Å². The number of epoxide rings is 1. The quantitative estimate of drug-likeness (QED) is 0.322.